The first-order valence-electron chi connectivity index (χ1n) is 4.40. The van der Waals surface area contributed by atoms with Crippen LogP contribution in [-0.2, 0) is 0 Å². The van der Waals surface area contributed by atoms with Crippen LogP contribution in [0.3, 0.4) is 0 Å². The number of pyridine rings is 1. The number of benzene rings is 1. The monoisotopic (exact) mass is 251 g/mol. The van der Waals surface area contributed by atoms with Gasteiger partial charge < -0.3 is 5.11 Å². The minimum Gasteiger partial charge on any atom is -0.388 e. The Kier molecular flexibility index (Phi) is 2.79. The SMILES string of the molecule is O[C@@H](CBr)c1ccnc2ccccc12. The number of aliphatic hydroxyl groups is 1. The van der Waals surface area contributed by atoms with Crippen LogP contribution in [0.25, 0.3) is 10.9 Å². The van der Waals surface area contributed by atoms with Crippen molar-refractivity contribution >= 4 is 26.8 Å². The van der Waals surface area contributed by atoms with Gasteiger partial charge in [-0.05, 0) is 17.7 Å². The average molecular weight is 252 g/mol. The lowest BCUT2D eigenvalue weighted by Gasteiger charge is -2.09. The second-order valence-corrected chi connectivity index (χ2v) is 3.73. The number of hydrogen-bond acceptors (Lipinski definition) is 2. The number of halogens is 1. The van der Waals surface area contributed by atoms with Gasteiger partial charge in [0.15, 0.2) is 0 Å². The molecule has 2 nitrogen and oxygen atoms in total. The molecule has 14 heavy (non-hydrogen) atoms. The number of alkyl halides is 1. The summed E-state index contributed by atoms with van der Waals surface area (Å²) in [6.07, 6.45) is 1.26. The fourth-order valence-electron chi connectivity index (χ4n) is 1.49. The van der Waals surface area contributed by atoms with E-state index < -0.39 is 6.10 Å². The molecule has 0 aliphatic carbocycles. The summed E-state index contributed by atoms with van der Waals surface area (Å²) in [5, 5.41) is 11.3. The average Bonchev–Trinajstić information content (AvgIpc) is 2.27. The van der Waals surface area contributed by atoms with E-state index in [0.717, 1.165) is 16.5 Å². The molecular formula is C11H10BrNO. The number of aliphatic hydroxyl groups excluding tert-OH is 1. The molecule has 1 aromatic heterocycles. The van der Waals surface area contributed by atoms with Crippen molar-refractivity contribution in [1.29, 1.82) is 0 Å². The molecule has 0 fully saturated rings. The van der Waals surface area contributed by atoms with Gasteiger partial charge in [-0.25, -0.2) is 0 Å². The van der Waals surface area contributed by atoms with Crippen molar-refractivity contribution in [1.82, 2.24) is 4.98 Å². The van der Waals surface area contributed by atoms with Crippen LogP contribution in [0.4, 0.5) is 0 Å². The Hall–Kier alpha value is -0.930. The van der Waals surface area contributed by atoms with Gasteiger partial charge in [-0.3, -0.25) is 4.98 Å². The number of aromatic nitrogens is 1. The van der Waals surface area contributed by atoms with Crippen molar-refractivity contribution in [3.8, 4) is 0 Å². The van der Waals surface area contributed by atoms with E-state index in [-0.39, 0.29) is 0 Å². The summed E-state index contributed by atoms with van der Waals surface area (Å²) >= 11 is 3.27. The highest BCUT2D eigenvalue weighted by Gasteiger charge is 2.09. The predicted molar refractivity (Wildman–Crippen MR) is 60.5 cm³/mol. The third-order valence-corrected chi connectivity index (χ3v) is 2.80. The van der Waals surface area contributed by atoms with Gasteiger partial charge in [0.2, 0.25) is 0 Å². The van der Waals surface area contributed by atoms with Crippen molar-refractivity contribution in [2.45, 2.75) is 6.10 Å². The van der Waals surface area contributed by atoms with Crippen molar-refractivity contribution in [3.05, 3.63) is 42.1 Å². The fraction of sp³-hybridized carbons (Fsp3) is 0.182. The molecule has 0 spiro atoms. The summed E-state index contributed by atoms with van der Waals surface area (Å²) in [6, 6.07) is 9.67. The summed E-state index contributed by atoms with van der Waals surface area (Å²) in [4.78, 5) is 4.23. The number of para-hydroxylation sites is 1. The van der Waals surface area contributed by atoms with Crippen LogP contribution in [0.1, 0.15) is 11.7 Å². The molecule has 2 rings (SSSR count). The lowest BCUT2D eigenvalue weighted by atomic mass is 10.1. The van der Waals surface area contributed by atoms with Gasteiger partial charge in [-0.2, -0.15) is 0 Å². The molecule has 0 saturated carbocycles. The summed E-state index contributed by atoms with van der Waals surface area (Å²) in [5.41, 5.74) is 1.84. The van der Waals surface area contributed by atoms with Gasteiger partial charge in [-0.15, -0.1) is 0 Å². The second kappa shape index (κ2) is 4.07. The minimum atomic E-state index is -0.470. The Bertz CT molecular complexity index is 439. The smallest absolute Gasteiger partial charge is 0.0893 e. The van der Waals surface area contributed by atoms with Crippen LogP contribution in [-0.4, -0.2) is 15.4 Å². The molecule has 1 aromatic carbocycles. The topological polar surface area (TPSA) is 33.1 Å². The van der Waals surface area contributed by atoms with Crippen LogP contribution < -0.4 is 0 Å². The van der Waals surface area contributed by atoms with E-state index in [4.69, 9.17) is 0 Å². The van der Waals surface area contributed by atoms with E-state index in [1.807, 2.05) is 30.3 Å². The lowest BCUT2D eigenvalue weighted by molar-refractivity contribution is 0.207. The highest BCUT2D eigenvalue weighted by Crippen LogP contribution is 2.23. The van der Waals surface area contributed by atoms with Gasteiger partial charge in [0.25, 0.3) is 0 Å². The second-order valence-electron chi connectivity index (χ2n) is 3.09. The first-order chi connectivity index (χ1) is 6.83. The van der Waals surface area contributed by atoms with E-state index in [2.05, 4.69) is 20.9 Å². The Morgan fingerprint density at radius 3 is 2.86 bits per heavy atom. The molecule has 1 N–H and O–H groups in total. The highest BCUT2D eigenvalue weighted by molar-refractivity contribution is 9.09. The van der Waals surface area contributed by atoms with E-state index in [0.29, 0.717) is 5.33 Å². The van der Waals surface area contributed by atoms with Gasteiger partial charge in [0, 0.05) is 16.9 Å². The quantitative estimate of drug-likeness (QED) is 0.833. The summed E-state index contributed by atoms with van der Waals surface area (Å²) in [5.74, 6) is 0. The molecule has 1 heterocycles. The van der Waals surface area contributed by atoms with Crippen LogP contribution >= 0.6 is 15.9 Å². The number of rotatable bonds is 2. The molecule has 2 aromatic rings. The molecule has 0 radical (unpaired) electrons. The molecule has 0 aliphatic heterocycles. The maximum Gasteiger partial charge on any atom is 0.0893 e. The normalized spacial score (nSPS) is 13.0. The van der Waals surface area contributed by atoms with Gasteiger partial charge in [0.05, 0.1) is 11.6 Å². The zero-order valence-electron chi connectivity index (χ0n) is 7.52. The molecule has 0 amide bonds. The number of fused-ring (bicyclic) bond motifs is 1. The predicted octanol–water partition coefficient (Wildman–Crippen LogP) is 2.66. The zero-order valence-corrected chi connectivity index (χ0v) is 9.11. The summed E-state index contributed by atoms with van der Waals surface area (Å²) in [7, 11) is 0. The van der Waals surface area contributed by atoms with E-state index in [1.54, 1.807) is 6.20 Å². The maximum atomic E-state index is 9.75. The van der Waals surface area contributed by atoms with Gasteiger partial charge in [-0.1, -0.05) is 34.1 Å². The Morgan fingerprint density at radius 2 is 2.07 bits per heavy atom. The highest BCUT2D eigenvalue weighted by atomic mass is 79.9. The van der Waals surface area contributed by atoms with E-state index in [1.165, 1.54) is 0 Å². The standard InChI is InChI=1S/C11H10BrNO/c12-7-11(14)9-5-6-13-10-4-2-1-3-8(9)10/h1-6,11,14H,7H2/t11-/m0/s1. The van der Waals surface area contributed by atoms with Crippen molar-refractivity contribution in [2.75, 3.05) is 5.33 Å². The van der Waals surface area contributed by atoms with Gasteiger partial charge >= 0.3 is 0 Å². The van der Waals surface area contributed by atoms with Crippen LogP contribution in [0.5, 0.6) is 0 Å². The molecule has 72 valence electrons. The Morgan fingerprint density at radius 1 is 1.29 bits per heavy atom. The molecule has 1 atom stereocenters. The largest absolute Gasteiger partial charge is 0.388 e. The van der Waals surface area contributed by atoms with Crippen molar-refractivity contribution in [2.24, 2.45) is 0 Å². The maximum absolute atomic E-state index is 9.75. The molecule has 0 unspecified atom stereocenters. The fourth-order valence-corrected chi connectivity index (χ4v) is 1.84. The summed E-state index contributed by atoms with van der Waals surface area (Å²) in [6.45, 7) is 0. The third-order valence-electron chi connectivity index (χ3n) is 2.19. The van der Waals surface area contributed by atoms with Crippen molar-refractivity contribution in [3.63, 3.8) is 0 Å². The Balaban J connectivity index is 2.65. The molecular weight excluding hydrogens is 242 g/mol. The van der Waals surface area contributed by atoms with Crippen molar-refractivity contribution < 1.29 is 5.11 Å². The van der Waals surface area contributed by atoms with E-state index in [9.17, 15) is 5.11 Å². The van der Waals surface area contributed by atoms with Crippen LogP contribution in [0, 0.1) is 0 Å². The molecule has 3 heteroatoms. The molecule has 0 aliphatic rings. The molecule has 0 saturated heterocycles. The van der Waals surface area contributed by atoms with E-state index >= 15 is 0 Å². The zero-order chi connectivity index (χ0) is 9.97. The number of nitrogens with zero attached hydrogens (tertiary/aromatic N) is 1. The van der Waals surface area contributed by atoms with Gasteiger partial charge in [0.1, 0.15) is 0 Å². The molecule has 0 bridgehead atoms. The number of hydrogen-bond donors (Lipinski definition) is 1. The Labute approximate surface area is 90.7 Å². The first kappa shape index (κ1) is 9.62. The van der Waals surface area contributed by atoms with Crippen LogP contribution in [0.2, 0.25) is 0 Å². The van der Waals surface area contributed by atoms with Crippen LogP contribution in [0.15, 0.2) is 36.5 Å². The first-order valence-corrected chi connectivity index (χ1v) is 5.53. The summed E-state index contributed by atoms with van der Waals surface area (Å²) < 4.78 is 0. The third kappa shape index (κ3) is 1.65. The lowest BCUT2D eigenvalue weighted by Crippen LogP contribution is -1.99. The minimum absolute atomic E-state index is 0.470.